The van der Waals surface area contributed by atoms with Crippen molar-refractivity contribution in [1.29, 1.82) is 0 Å². The molecule has 0 saturated heterocycles. The van der Waals surface area contributed by atoms with Gasteiger partial charge in [-0.3, -0.25) is 9.48 Å². The van der Waals surface area contributed by atoms with Gasteiger partial charge in [0, 0.05) is 22.6 Å². The van der Waals surface area contributed by atoms with E-state index in [0.717, 1.165) is 22.3 Å². The quantitative estimate of drug-likeness (QED) is 0.703. The maximum absolute atomic E-state index is 12.9. The van der Waals surface area contributed by atoms with Crippen LogP contribution < -0.4 is 5.32 Å². The molecule has 1 aliphatic carbocycles. The number of nitrogens with one attached hydrogen (secondary N) is 1. The van der Waals surface area contributed by atoms with Gasteiger partial charge in [-0.1, -0.05) is 18.2 Å². The summed E-state index contributed by atoms with van der Waals surface area (Å²) in [6, 6.07) is 9.67. The third kappa shape index (κ3) is 3.27. The maximum atomic E-state index is 12.9. The molecule has 1 saturated carbocycles. The van der Waals surface area contributed by atoms with Crippen molar-refractivity contribution < 1.29 is 9.21 Å². The van der Waals surface area contributed by atoms with E-state index < -0.39 is 0 Å². The number of benzene rings is 1. The van der Waals surface area contributed by atoms with Crippen LogP contribution in [0.1, 0.15) is 80.0 Å². The number of para-hydroxylation sites is 1. The molecule has 0 radical (unpaired) electrons. The molecular formula is C22H27N3O2. The van der Waals surface area contributed by atoms with Gasteiger partial charge in [0.15, 0.2) is 0 Å². The Kier molecular flexibility index (Phi) is 4.13. The normalized spacial score (nSPS) is 15.9. The van der Waals surface area contributed by atoms with Crippen LogP contribution in [0.5, 0.6) is 0 Å². The zero-order valence-corrected chi connectivity index (χ0v) is 16.7. The molecule has 0 spiro atoms. The summed E-state index contributed by atoms with van der Waals surface area (Å²) in [5.41, 5.74) is 3.42. The Balaban J connectivity index is 1.59. The molecule has 1 unspecified atom stereocenters. The van der Waals surface area contributed by atoms with Crippen LogP contribution in [0.4, 0.5) is 0 Å². The number of amides is 1. The lowest BCUT2D eigenvalue weighted by Gasteiger charge is -2.22. The zero-order chi connectivity index (χ0) is 19.3. The molecule has 3 aromatic rings. The first kappa shape index (κ1) is 17.8. The van der Waals surface area contributed by atoms with E-state index in [0.29, 0.717) is 11.6 Å². The average Bonchev–Trinajstić information content (AvgIpc) is 3.25. The smallest absolute Gasteiger partial charge is 0.272 e. The van der Waals surface area contributed by atoms with Gasteiger partial charge in [0.2, 0.25) is 0 Å². The summed E-state index contributed by atoms with van der Waals surface area (Å²) in [6.07, 6.45) is 2.36. The van der Waals surface area contributed by atoms with E-state index in [2.05, 4.69) is 31.2 Å². The highest BCUT2D eigenvalue weighted by atomic mass is 16.3. The average molecular weight is 365 g/mol. The van der Waals surface area contributed by atoms with E-state index in [1.807, 2.05) is 48.9 Å². The van der Waals surface area contributed by atoms with E-state index in [1.54, 1.807) is 0 Å². The van der Waals surface area contributed by atoms with E-state index >= 15 is 0 Å². The van der Waals surface area contributed by atoms with Gasteiger partial charge < -0.3 is 9.73 Å². The highest BCUT2D eigenvalue weighted by Gasteiger charge is 2.33. The summed E-state index contributed by atoms with van der Waals surface area (Å²) >= 11 is 0. The molecule has 5 heteroatoms. The summed E-state index contributed by atoms with van der Waals surface area (Å²) in [5, 5.41) is 8.77. The van der Waals surface area contributed by atoms with Gasteiger partial charge in [0.25, 0.3) is 5.91 Å². The fourth-order valence-electron chi connectivity index (χ4n) is 3.66. The molecular weight excluding hydrogens is 338 g/mol. The number of furan rings is 1. The first-order chi connectivity index (χ1) is 12.8. The maximum Gasteiger partial charge on any atom is 0.272 e. The predicted octanol–water partition coefficient (Wildman–Crippen LogP) is 5.06. The molecule has 2 aromatic heterocycles. The van der Waals surface area contributed by atoms with Crippen LogP contribution in [0.2, 0.25) is 0 Å². The van der Waals surface area contributed by atoms with Crippen molar-refractivity contribution >= 4 is 16.9 Å². The van der Waals surface area contributed by atoms with Gasteiger partial charge in [0.1, 0.15) is 17.0 Å². The van der Waals surface area contributed by atoms with Gasteiger partial charge >= 0.3 is 0 Å². The third-order valence-electron chi connectivity index (χ3n) is 5.22. The van der Waals surface area contributed by atoms with Crippen LogP contribution in [-0.2, 0) is 5.54 Å². The van der Waals surface area contributed by atoms with Gasteiger partial charge in [-0.25, -0.2) is 0 Å². The van der Waals surface area contributed by atoms with Gasteiger partial charge in [-0.05, 0) is 59.6 Å². The minimum absolute atomic E-state index is 0.141. The second-order valence-corrected chi connectivity index (χ2v) is 8.59. The number of hydrogen-bond donors (Lipinski definition) is 1. The first-order valence-corrected chi connectivity index (χ1v) is 9.65. The summed E-state index contributed by atoms with van der Waals surface area (Å²) in [4.78, 5) is 12.9. The Bertz CT molecular complexity index is 1000. The Labute approximate surface area is 159 Å². The van der Waals surface area contributed by atoms with Crippen LogP contribution in [0.25, 0.3) is 11.0 Å². The molecule has 0 aliphatic heterocycles. The lowest BCUT2D eigenvalue weighted by Crippen LogP contribution is -2.29. The van der Waals surface area contributed by atoms with Crippen molar-refractivity contribution in [1.82, 2.24) is 15.1 Å². The van der Waals surface area contributed by atoms with Crippen molar-refractivity contribution in [2.24, 2.45) is 0 Å². The summed E-state index contributed by atoms with van der Waals surface area (Å²) in [7, 11) is 0. The molecule has 5 nitrogen and oxygen atoms in total. The van der Waals surface area contributed by atoms with E-state index in [1.165, 1.54) is 18.5 Å². The topological polar surface area (TPSA) is 60.1 Å². The molecule has 1 aromatic carbocycles. The number of hydrogen-bond acceptors (Lipinski definition) is 3. The van der Waals surface area contributed by atoms with Crippen LogP contribution in [0.15, 0.2) is 34.7 Å². The number of fused-ring (bicyclic) bond motifs is 1. The van der Waals surface area contributed by atoms with Crippen molar-refractivity contribution in [2.45, 2.75) is 65.0 Å². The lowest BCUT2D eigenvalue weighted by atomic mass is 10.1. The molecule has 1 N–H and O–H groups in total. The van der Waals surface area contributed by atoms with Crippen LogP contribution in [-0.4, -0.2) is 15.7 Å². The largest absolute Gasteiger partial charge is 0.459 e. The molecule has 1 fully saturated rings. The SMILES string of the molecule is Cc1c(C(C)NC(=O)c2cc(C3CC3)n(C(C)(C)C)n2)oc2ccccc12. The number of aromatic nitrogens is 2. The number of aryl methyl sites for hydroxylation is 1. The molecule has 0 bridgehead atoms. The number of rotatable bonds is 4. The molecule has 1 aliphatic rings. The van der Waals surface area contributed by atoms with Crippen molar-refractivity contribution in [3.8, 4) is 0 Å². The Morgan fingerprint density at radius 2 is 2.00 bits per heavy atom. The molecule has 142 valence electrons. The summed E-state index contributed by atoms with van der Waals surface area (Å²) in [5.74, 6) is 1.17. The van der Waals surface area contributed by atoms with Crippen LogP contribution >= 0.6 is 0 Å². The lowest BCUT2D eigenvalue weighted by molar-refractivity contribution is 0.0929. The van der Waals surface area contributed by atoms with Crippen LogP contribution in [0.3, 0.4) is 0 Å². The first-order valence-electron chi connectivity index (χ1n) is 9.65. The highest BCUT2D eigenvalue weighted by molar-refractivity contribution is 5.93. The van der Waals surface area contributed by atoms with Crippen LogP contribution in [0, 0.1) is 6.92 Å². The molecule has 4 rings (SSSR count). The standard InChI is InChI=1S/C22H27N3O2/c1-13-16-8-6-7-9-19(16)27-20(13)14(2)23-21(26)17-12-18(15-10-11-15)25(24-17)22(3,4)5/h6-9,12,14-15H,10-11H2,1-5H3,(H,23,26). The number of carbonyl (C=O) groups is 1. The minimum Gasteiger partial charge on any atom is -0.459 e. The van der Waals surface area contributed by atoms with E-state index in [4.69, 9.17) is 4.42 Å². The summed E-state index contributed by atoms with van der Waals surface area (Å²) < 4.78 is 8.00. The Morgan fingerprint density at radius 1 is 1.30 bits per heavy atom. The fraction of sp³-hybridized carbons (Fsp3) is 0.455. The van der Waals surface area contributed by atoms with E-state index in [-0.39, 0.29) is 17.5 Å². The monoisotopic (exact) mass is 365 g/mol. The second-order valence-electron chi connectivity index (χ2n) is 8.59. The van der Waals surface area contributed by atoms with E-state index in [9.17, 15) is 4.79 Å². The molecule has 1 amide bonds. The molecule has 1 atom stereocenters. The summed E-state index contributed by atoms with van der Waals surface area (Å²) in [6.45, 7) is 10.3. The fourth-order valence-corrected chi connectivity index (χ4v) is 3.66. The molecule has 27 heavy (non-hydrogen) atoms. The highest BCUT2D eigenvalue weighted by Crippen LogP contribution is 2.41. The number of carbonyl (C=O) groups excluding carboxylic acids is 1. The van der Waals surface area contributed by atoms with Crippen molar-refractivity contribution in [3.05, 3.63) is 53.0 Å². The Morgan fingerprint density at radius 3 is 2.63 bits per heavy atom. The second kappa shape index (κ2) is 6.25. The van der Waals surface area contributed by atoms with Gasteiger partial charge in [0.05, 0.1) is 11.6 Å². The van der Waals surface area contributed by atoms with Gasteiger partial charge in [-0.15, -0.1) is 0 Å². The molecule has 2 heterocycles. The zero-order valence-electron chi connectivity index (χ0n) is 16.7. The Hall–Kier alpha value is -2.56. The van der Waals surface area contributed by atoms with Crippen molar-refractivity contribution in [3.63, 3.8) is 0 Å². The van der Waals surface area contributed by atoms with Crippen molar-refractivity contribution in [2.75, 3.05) is 0 Å². The predicted molar refractivity (Wildman–Crippen MR) is 106 cm³/mol. The number of nitrogens with zero attached hydrogens (tertiary/aromatic N) is 2. The minimum atomic E-state index is -0.228. The van der Waals surface area contributed by atoms with Gasteiger partial charge in [-0.2, -0.15) is 5.10 Å². The third-order valence-corrected chi connectivity index (χ3v) is 5.22.